The largest absolute Gasteiger partial charge is 0.481 e. The Morgan fingerprint density at radius 2 is 2.10 bits per heavy atom. The van der Waals surface area contributed by atoms with Gasteiger partial charge in [0.1, 0.15) is 0 Å². The number of hydrogen-bond acceptors (Lipinski definition) is 4. The van der Waals surface area contributed by atoms with Gasteiger partial charge in [0, 0.05) is 40.2 Å². The standard InChI is InChI=1S/C7H15N3O.C6H12N2O2/c1-8-7(9-2)10-3-5-11-6-4-10;7-5-8-4-2-1-3-6(9)10/h3-6H2,1-2H3,(H,8,9);5H,1-4H2,(H2,7,8)(H,9,10). The lowest BCUT2D eigenvalue weighted by Crippen LogP contribution is -2.46. The summed E-state index contributed by atoms with van der Waals surface area (Å²) in [4.78, 5) is 20.0. The number of morpholine rings is 1. The molecule has 0 amide bonds. The van der Waals surface area contributed by atoms with Crippen molar-refractivity contribution in [2.24, 2.45) is 15.7 Å². The van der Waals surface area contributed by atoms with Gasteiger partial charge in [0.15, 0.2) is 5.96 Å². The van der Waals surface area contributed by atoms with Gasteiger partial charge in [0.05, 0.1) is 19.6 Å². The van der Waals surface area contributed by atoms with Crippen LogP contribution in [0.1, 0.15) is 19.3 Å². The summed E-state index contributed by atoms with van der Waals surface area (Å²) < 4.78 is 5.21. The minimum Gasteiger partial charge on any atom is -0.481 e. The molecule has 21 heavy (non-hydrogen) atoms. The molecule has 0 aromatic rings. The average Bonchev–Trinajstić information content (AvgIpc) is 2.50. The second-order valence-corrected chi connectivity index (χ2v) is 4.30. The van der Waals surface area contributed by atoms with E-state index in [0.717, 1.165) is 38.7 Å². The highest BCUT2D eigenvalue weighted by atomic mass is 16.5. The molecule has 1 rings (SSSR count). The van der Waals surface area contributed by atoms with Gasteiger partial charge >= 0.3 is 5.97 Å². The molecule has 1 fully saturated rings. The molecular weight excluding hydrogens is 274 g/mol. The summed E-state index contributed by atoms with van der Waals surface area (Å²) in [7, 11) is 3.68. The van der Waals surface area contributed by atoms with E-state index in [9.17, 15) is 4.79 Å². The third-order valence-electron chi connectivity index (χ3n) is 2.78. The van der Waals surface area contributed by atoms with Crippen molar-refractivity contribution in [3.8, 4) is 0 Å². The Morgan fingerprint density at radius 3 is 2.57 bits per heavy atom. The molecule has 8 heteroatoms. The Morgan fingerprint density at radius 1 is 1.43 bits per heavy atom. The van der Waals surface area contributed by atoms with E-state index in [1.807, 2.05) is 7.05 Å². The summed E-state index contributed by atoms with van der Waals surface area (Å²) in [6.07, 6.45) is 2.92. The SMILES string of the molecule is CN=C(NC)N1CCOCC1.NC=NCCCCC(=O)O. The number of nitrogens with two attached hydrogens (primary N) is 1. The van der Waals surface area contributed by atoms with Gasteiger partial charge in [0.25, 0.3) is 0 Å². The van der Waals surface area contributed by atoms with Gasteiger partial charge in [-0.05, 0) is 12.8 Å². The second kappa shape index (κ2) is 13.2. The van der Waals surface area contributed by atoms with Crippen LogP contribution in [0.3, 0.4) is 0 Å². The lowest BCUT2D eigenvalue weighted by molar-refractivity contribution is -0.137. The first-order valence-electron chi connectivity index (χ1n) is 7.04. The van der Waals surface area contributed by atoms with Crippen LogP contribution in [-0.4, -0.2) is 75.2 Å². The maximum Gasteiger partial charge on any atom is 0.303 e. The monoisotopic (exact) mass is 301 g/mol. The molecule has 0 aliphatic carbocycles. The normalized spacial score (nSPS) is 15.5. The Labute approximate surface area is 126 Å². The summed E-state index contributed by atoms with van der Waals surface area (Å²) in [5.41, 5.74) is 4.96. The average molecular weight is 301 g/mol. The zero-order chi connectivity index (χ0) is 15.9. The molecule has 8 nitrogen and oxygen atoms in total. The van der Waals surface area contributed by atoms with E-state index in [2.05, 4.69) is 20.2 Å². The molecular formula is C13H27N5O3. The van der Waals surface area contributed by atoms with Crippen molar-refractivity contribution >= 4 is 18.3 Å². The number of ether oxygens (including phenoxy) is 1. The van der Waals surface area contributed by atoms with Crippen LogP contribution in [0.4, 0.5) is 0 Å². The van der Waals surface area contributed by atoms with Gasteiger partial charge in [-0.15, -0.1) is 0 Å². The van der Waals surface area contributed by atoms with E-state index in [-0.39, 0.29) is 6.42 Å². The van der Waals surface area contributed by atoms with E-state index >= 15 is 0 Å². The number of guanidine groups is 1. The Bertz CT molecular complexity index is 328. The van der Waals surface area contributed by atoms with Crippen LogP contribution in [0.2, 0.25) is 0 Å². The number of carbonyl (C=O) groups is 1. The quantitative estimate of drug-likeness (QED) is 0.367. The predicted molar refractivity (Wildman–Crippen MR) is 83.8 cm³/mol. The van der Waals surface area contributed by atoms with Crippen molar-refractivity contribution < 1.29 is 14.6 Å². The first-order valence-corrected chi connectivity index (χ1v) is 7.04. The van der Waals surface area contributed by atoms with Crippen molar-refractivity contribution in [2.75, 3.05) is 46.9 Å². The first kappa shape index (κ1) is 19.2. The van der Waals surface area contributed by atoms with Crippen LogP contribution in [0.5, 0.6) is 0 Å². The van der Waals surface area contributed by atoms with Crippen molar-refractivity contribution in [1.82, 2.24) is 10.2 Å². The smallest absolute Gasteiger partial charge is 0.303 e. The molecule has 1 aliphatic heterocycles. The number of aliphatic carboxylic acids is 1. The van der Waals surface area contributed by atoms with Crippen LogP contribution in [-0.2, 0) is 9.53 Å². The van der Waals surface area contributed by atoms with Crippen molar-refractivity contribution in [2.45, 2.75) is 19.3 Å². The maximum atomic E-state index is 9.97. The number of aliphatic imine (C=N–C) groups is 2. The Balaban J connectivity index is 0.000000384. The number of unbranched alkanes of at least 4 members (excludes halogenated alkanes) is 1. The third kappa shape index (κ3) is 10.6. The lowest BCUT2D eigenvalue weighted by atomic mass is 10.2. The highest BCUT2D eigenvalue weighted by Crippen LogP contribution is 1.96. The molecule has 1 saturated heterocycles. The van der Waals surface area contributed by atoms with Gasteiger partial charge in [-0.3, -0.25) is 14.8 Å². The Hall–Kier alpha value is -1.83. The molecule has 0 bridgehead atoms. The van der Waals surface area contributed by atoms with E-state index < -0.39 is 5.97 Å². The molecule has 0 spiro atoms. The number of nitrogens with zero attached hydrogens (tertiary/aromatic N) is 3. The van der Waals surface area contributed by atoms with Gasteiger partial charge in [-0.1, -0.05) is 0 Å². The molecule has 0 unspecified atom stereocenters. The number of hydrogen-bond donors (Lipinski definition) is 3. The van der Waals surface area contributed by atoms with Crippen LogP contribution >= 0.6 is 0 Å². The van der Waals surface area contributed by atoms with Gasteiger partial charge in [-0.25, -0.2) is 0 Å². The zero-order valence-electron chi connectivity index (χ0n) is 12.9. The fraction of sp³-hybridized carbons (Fsp3) is 0.769. The van der Waals surface area contributed by atoms with E-state index in [4.69, 9.17) is 15.6 Å². The molecule has 1 heterocycles. The molecule has 0 aromatic carbocycles. The van der Waals surface area contributed by atoms with Crippen LogP contribution < -0.4 is 11.1 Å². The molecule has 0 saturated carbocycles. The van der Waals surface area contributed by atoms with Crippen molar-refractivity contribution in [3.63, 3.8) is 0 Å². The molecule has 0 atom stereocenters. The second-order valence-electron chi connectivity index (χ2n) is 4.30. The van der Waals surface area contributed by atoms with E-state index in [1.54, 1.807) is 7.05 Å². The van der Waals surface area contributed by atoms with Crippen LogP contribution in [0.15, 0.2) is 9.98 Å². The molecule has 1 aliphatic rings. The minimum atomic E-state index is -0.753. The number of rotatable bonds is 5. The fourth-order valence-corrected chi connectivity index (χ4v) is 1.74. The summed E-state index contributed by atoms with van der Waals surface area (Å²) in [5, 5.41) is 11.2. The minimum absolute atomic E-state index is 0.222. The predicted octanol–water partition coefficient (Wildman–Crippen LogP) is -0.248. The number of nitrogens with one attached hydrogen (secondary N) is 1. The first-order chi connectivity index (χ1) is 10.2. The van der Waals surface area contributed by atoms with Crippen molar-refractivity contribution in [1.29, 1.82) is 0 Å². The summed E-state index contributed by atoms with van der Waals surface area (Å²) in [6.45, 7) is 4.12. The molecule has 4 N–H and O–H groups in total. The molecule has 122 valence electrons. The molecule has 0 aromatic heterocycles. The van der Waals surface area contributed by atoms with E-state index in [1.165, 1.54) is 6.34 Å². The lowest BCUT2D eigenvalue weighted by Gasteiger charge is -2.29. The van der Waals surface area contributed by atoms with Gasteiger partial charge in [0.2, 0.25) is 0 Å². The summed E-state index contributed by atoms with van der Waals surface area (Å²) in [6, 6.07) is 0. The maximum absolute atomic E-state index is 9.97. The van der Waals surface area contributed by atoms with Crippen LogP contribution in [0, 0.1) is 0 Å². The van der Waals surface area contributed by atoms with Gasteiger partial charge in [-0.2, -0.15) is 0 Å². The summed E-state index contributed by atoms with van der Waals surface area (Å²) in [5.74, 6) is 0.199. The highest BCUT2D eigenvalue weighted by molar-refractivity contribution is 5.79. The number of carboxylic acids is 1. The van der Waals surface area contributed by atoms with Gasteiger partial charge < -0.3 is 25.8 Å². The number of carboxylic acid groups (broad SMARTS) is 1. The fourth-order valence-electron chi connectivity index (χ4n) is 1.74. The zero-order valence-corrected chi connectivity index (χ0v) is 12.9. The topological polar surface area (TPSA) is 113 Å². The van der Waals surface area contributed by atoms with Crippen LogP contribution in [0.25, 0.3) is 0 Å². The molecule has 0 radical (unpaired) electrons. The third-order valence-corrected chi connectivity index (χ3v) is 2.78. The van der Waals surface area contributed by atoms with Crippen molar-refractivity contribution in [3.05, 3.63) is 0 Å². The summed E-state index contributed by atoms with van der Waals surface area (Å²) >= 11 is 0. The van der Waals surface area contributed by atoms with E-state index in [0.29, 0.717) is 13.0 Å². The highest BCUT2D eigenvalue weighted by Gasteiger charge is 2.12. The Kier molecular flexibility index (Phi) is 12.0.